The number of carbonyl (C=O) groups excluding carboxylic acids is 1. The molecule has 7 nitrogen and oxygen atoms in total. The molecule has 2 aromatic carbocycles. The Morgan fingerprint density at radius 2 is 1.68 bits per heavy atom. The molecule has 1 amide bonds. The van der Waals surface area contributed by atoms with Crippen molar-refractivity contribution in [1.29, 1.82) is 0 Å². The van der Waals surface area contributed by atoms with Crippen molar-refractivity contribution in [2.75, 3.05) is 18.4 Å². The maximum Gasteiger partial charge on any atom is 0.242 e. The van der Waals surface area contributed by atoms with Crippen molar-refractivity contribution in [2.24, 2.45) is 0 Å². The van der Waals surface area contributed by atoms with E-state index in [9.17, 15) is 13.2 Å². The lowest BCUT2D eigenvalue weighted by Crippen LogP contribution is -2.35. The third kappa shape index (κ3) is 6.19. The third-order valence-electron chi connectivity index (χ3n) is 6.45. The van der Waals surface area contributed by atoms with Gasteiger partial charge in [0.15, 0.2) is 5.03 Å². The Kier molecular flexibility index (Phi) is 7.83. The zero-order valence-corrected chi connectivity index (χ0v) is 23.3. The van der Waals surface area contributed by atoms with Gasteiger partial charge in [0, 0.05) is 23.3 Å². The van der Waals surface area contributed by atoms with E-state index in [1.165, 1.54) is 6.07 Å². The molecule has 0 bridgehead atoms. The number of rotatable bonds is 8. The minimum absolute atomic E-state index is 0.00717. The average molecular weight is 531 g/mol. The van der Waals surface area contributed by atoms with Gasteiger partial charge in [0.25, 0.3) is 0 Å². The first-order valence-electron chi connectivity index (χ1n) is 12.7. The summed E-state index contributed by atoms with van der Waals surface area (Å²) in [5, 5.41) is 3.96. The number of pyridine rings is 2. The molecule has 0 aliphatic rings. The number of fused-ring (bicyclic) bond motifs is 1. The van der Waals surface area contributed by atoms with Crippen molar-refractivity contribution >= 4 is 32.3 Å². The molecule has 2 heterocycles. The van der Waals surface area contributed by atoms with E-state index < -0.39 is 9.84 Å². The van der Waals surface area contributed by atoms with Crippen LogP contribution in [0.1, 0.15) is 44.6 Å². The number of likely N-dealkylation sites (N-methyl/N-ethyl adjacent to an activating group) is 1. The molecule has 0 fully saturated rings. The first kappa shape index (κ1) is 27.3. The second kappa shape index (κ2) is 10.9. The fourth-order valence-corrected chi connectivity index (χ4v) is 5.37. The van der Waals surface area contributed by atoms with Crippen molar-refractivity contribution in [1.82, 2.24) is 14.9 Å². The maximum absolute atomic E-state index is 13.2. The second-order valence-corrected chi connectivity index (χ2v) is 12.3. The number of nitrogens with zero attached hydrogens (tertiary/aromatic N) is 3. The monoisotopic (exact) mass is 530 g/mol. The number of aryl methyl sites for hydroxylation is 1. The summed E-state index contributed by atoms with van der Waals surface area (Å²) in [5.74, 6) is -0.0343. The molecule has 198 valence electrons. The quantitative estimate of drug-likeness (QED) is 0.322. The zero-order chi connectivity index (χ0) is 27.5. The van der Waals surface area contributed by atoms with Crippen LogP contribution in [0.3, 0.4) is 0 Å². The Balaban J connectivity index is 1.46. The lowest BCUT2D eigenvalue weighted by molar-refractivity contribution is -0.129. The van der Waals surface area contributed by atoms with Gasteiger partial charge in [-0.1, -0.05) is 39.0 Å². The molecule has 1 N–H and O–H groups in total. The molecular weight excluding hydrogens is 496 g/mol. The largest absolute Gasteiger partial charge is 0.376 e. The van der Waals surface area contributed by atoms with Crippen LogP contribution in [-0.2, 0) is 26.6 Å². The van der Waals surface area contributed by atoms with Crippen LogP contribution in [0.15, 0.2) is 82.7 Å². The van der Waals surface area contributed by atoms with Gasteiger partial charge < -0.3 is 10.2 Å². The summed E-state index contributed by atoms with van der Waals surface area (Å²) in [6.07, 6.45) is 0. The molecule has 0 unspecified atom stereocenters. The maximum atomic E-state index is 13.2. The molecule has 0 saturated carbocycles. The predicted octanol–water partition coefficient (Wildman–Crippen LogP) is 5.53. The highest BCUT2D eigenvalue weighted by Gasteiger charge is 2.21. The normalized spacial score (nSPS) is 11.9. The molecule has 0 radical (unpaired) electrons. The van der Waals surface area contributed by atoms with Crippen molar-refractivity contribution in [2.45, 2.75) is 56.5 Å². The van der Waals surface area contributed by atoms with Gasteiger partial charge in [-0.15, -0.1) is 0 Å². The molecule has 0 aliphatic carbocycles. The molecule has 4 rings (SSSR count). The molecule has 38 heavy (non-hydrogen) atoms. The van der Waals surface area contributed by atoms with Gasteiger partial charge in [-0.2, -0.15) is 0 Å². The van der Waals surface area contributed by atoms with Crippen LogP contribution in [0.2, 0.25) is 0 Å². The number of hydrogen-bond acceptors (Lipinski definition) is 6. The van der Waals surface area contributed by atoms with Crippen LogP contribution in [0.25, 0.3) is 10.9 Å². The van der Waals surface area contributed by atoms with Crippen LogP contribution >= 0.6 is 0 Å². The van der Waals surface area contributed by atoms with Gasteiger partial charge >= 0.3 is 0 Å². The zero-order valence-electron chi connectivity index (χ0n) is 22.5. The highest BCUT2D eigenvalue weighted by molar-refractivity contribution is 7.91. The summed E-state index contributed by atoms with van der Waals surface area (Å²) in [6, 6.07) is 21.5. The first-order valence-corrected chi connectivity index (χ1v) is 14.2. The number of nitrogens with one attached hydrogen (secondary N) is 1. The average Bonchev–Trinajstić information content (AvgIpc) is 2.89. The van der Waals surface area contributed by atoms with Crippen molar-refractivity contribution in [3.8, 4) is 0 Å². The van der Waals surface area contributed by atoms with E-state index in [1.807, 2.05) is 50.2 Å². The van der Waals surface area contributed by atoms with Crippen LogP contribution in [0.5, 0.6) is 0 Å². The number of anilines is 1. The Morgan fingerprint density at radius 1 is 0.947 bits per heavy atom. The smallest absolute Gasteiger partial charge is 0.242 e. The predicted molar refractivity (Wildman–Crippen MR) is 151 cm³/mol. The van der Waals surface area contributed by atoms with E-state index in [0.29, 0.717) is 18.6 Å². The molecule has 4 aromatic rings. The van der Waals surface area contributed by atoms with Gasteiger partial charge in [-0.3, -0.25) is 9.78 Å². The van der Waals surface area contributed by atoms with Gasteiger partial charge in [-0.05, 0) is 79.4 Å². The van der Waals surface area contributed by atoms with Gasteiger partial charge in [0.1, 0.15) is 0 Å². The van der Waals surface area contributed by atoms with E-state index in [1.54, 1.807) is 35.2 Å². The van der Waals surface area contributed by atoms with E-state index in [0.717, 1.165) is 28.0 Å². The van der Waals surface area contributed by atoms with E-state index in [2.05, 4.69) is 36.1 Å². The number of carbonyl (C=O) groups is 1. The number of aromatic nitrogens is 2. The second-order valence-electron chi connectivity index (χ2n) is 10.4. The van der Waals surface area contributed by atoms with Gasteiger partial charge in [-0.25, -0.2) is 13.4 Å². The summed E-state index contributed by atoms with van der Waals surface area (Å²) >= 11 is 0. The van der Waals surface area contributed by atoms with Crippen molar-refractivity contribution in [3.05, 3.63) is 89.7 Å². The molecule has 0 aliphatic heterocycles. The van der Waals surface area contributed by atoms with Crippen molar-refractivity contribution in [3.63, 3.8) is 0 Å². The number of benzene rings is 2. The first-order chi connectivity index (χ1) is 18.0. The number of hydrogen-bond donors (Lipinski definition) is 1. The fraction of sp³-hybridized carbons (Fsp3) is 0.300. The van der Waals surface area contributed by atoms with Crippen molar-refractivity contribution < 1.29 is 13.2 Å². The standard InChI is InChI=1S/C30H34N4O3S/c1-6-34(20-25-9-7-8-21(2)32-25)29(35)19-31-24-13-16-27-22(18-24)10-17-28(33-27)38(36,37)26-14-11-23(12-15-26)30(3,4)5/h7-18,31H,6,19-20H2,1-5H3. The fourth-order valence-electron chi connectivity index (χ4n) is 4.17. The summed E-state index contributed by atoms with van der Waals surface area (Å²) in [4.78, 5) is 23.7. The van der Waals surface area contributed by atoms with E-state index >= 15 is 0 Å². The minimum atomic E-state index is -3.75. The molecule has 0 saturated heterocycles. The van der Waals surface area contributed by atoms with E-state index in [4.69, 9.17) is 0 Å². The Bertz CT molecular complexity index is 1560. The van der Waals surface area contributed by atoms with E-state index in [-0.39, 0.29) is 27.8 Å². The third-order valence-corrected chi connectivity index (χ3v) is 8.12. The molecular formula is C30H34N4O3S. The molecule has 0 atom stereocenters. The SMILES string of the molecule is CCN(Cc1cccc(C)n1)C(=O)CNc1ccc2nc(S(=O)(=O)c3ccc(C(C)(C)C)cc3)ccc2c1. The van der Waals surface area contributed by atoms with Gasteiger partial charge in [0.2, 0.25) is 15.7 Å². The lowest BCUT2D eigenvalue weighted by atomic mass is 9.87. The molecule has 2 aromatic heterocycles. The number of amides is 1. The Hall–Kier alpha value is -3.78. The lowest BCUT2D eigenvalue weighted by Gasteiger charge is -2.21. The summed E-state index contributed by atoms with van der Waals surface area (Å²) in [5.41, 5.74) is 4.10. The molecule has 0 spiro atoms. The Labute approximate surface area is 224 Å². The van der Waals surface area contributed by atoms with Gasteiger partial charge in [0.05, 0.1) is 29.2 Å². The summed E-state index contributed by atoms with van der Waals surface area (Å²) < 4.78 is 26.4. The molecule has 8 heteroatoms. The summed E-state index contributed by atoms with van der Waals surface area (Å²) in [7, 11) is -3.75. The Morgan fingerprint density at radius 3 is 2.34 bits per heavy atom. The van der Waals surface area contributed by atoms with Crippen LogP contribution in [0.4, 0.5) is 5.69 Å². The highest BCUT2D eigenvalue weighted by Crippen LogP contribution is 2.27. The summed E-state index contributed by atoms with van der Waals surface area (Å²) in [6.45, 7) is 11.3. The minimum Gasteiger partial charge on any atom is -0.376 e. The van der Waals surface area contributed by atoms with Crippen LogP contribution < -0.4 is 5.32 Å². The van der Waals surface area contributed by atoms with Crippen LogP contribution in [0, 0.1) is 6.92 Å². The number of sulfone groups is 1. The highest BCUT2D eigenvalue weighted by atomic mass is 32.2. The topological polar surface area (TPSA) is 92.3 Å². The van der Waals surface area contributed by atoms with Crippen LogP contribution in [-0.4, -0.2) is 42.3 Å².